The second-order valence-corrected chi connectivity index (χ2v) is 8.39. The first-order chi connectivity index (χ1) is 16.0. The summed E-state index contributed by atoms with van der Waals surface area (Å²) >= 11 is 0. The fraction of sp³-hybridized carbons (Fsp3) is 0.296. The number of nitrogens with zero attached hydrogens (tertiary/aromatic N) is 2. The number of hydrogen-bond donors (Lipinski definition) is 0. The SMILES string of the molecule is CC1=C(C#N)C(=O)N(C2CCCCC2)C(=O)/C1=C/c1ccc(OCc2ccccc2F)cc1. The Morgan fingerprint density at radius 1 is 1.06 bits per heavy atom. The first-order valence-electron chi connectivity index (χ1n) is 11.2. The van der Waals surface area contributed by atoms with Gasteiger partial charge in [0, 0.05) is 17.2 Å². The van der Waals surface area contributed by atoms with Crippen molar-refractivity contribution in [2.24, 2.45) is 0 Å². The highest BCUT2D eigenvalue weighted by Gasteiger charge is 2.39. The highest BCUT2D eigenvalue weighted by molar-refractivity contribution is 6.19. The van der Waals surface area contributed by atoms with Crippen LogP contribution in [0.1, 0.15) is 50.2 Å². The second kappa shape index (κ2) is 9.83. The third-order valence-corrected chi connectivity index (χ3v) is 6.26. The summed E-state index contributed by atoms with van der Waals surface area (Å²) in [5.74, 6) is -0.578. The predicted molar refractivity (Wildman–Crippen MR) is 122 cm³/mol. The molecule has 0 atom stereocenters. The number of carbonyl (C=O) groups excluding carboxylic acids is 2. The zero-order valence-corrected chi connectivity index (χ0v) is 18.5. The lowest BCUT2D eigenvalue weighted by molar-refractivity contribution is -0.143. The van der Waals surface area contributed by atoms with E-state index >= 15 is 0 Å². The van der Waals surface area contributed by atoms with Gasteiger partial charge in [-0.05, 0) is 55.2 Å². The molecule has 5 nitrogen and oxygen atoms in total. The van der Waals surface area contributed by atoms with Gasteiger partial charge in [0.15, 0.2) is 0 Å². The van der Waals surface area contributed by atoms with Gasteiger partial charge >= 0.3 is 0 Å². The number of benzene rings is 2. The minimum atomic E-state index is -0.485. The van der Waals surface area contributed by atoms with Crippen LogP contribution < -0.4 is 4.74 Å². The van der Waals surface area contributed by atoms with Crippen LogP contribution in [0.3, 0.4) is 0 Å². The van der Waals surface area contributed by atoms with Crippen molar-refractivity contribution < 1.29 is 18.7 Å². The third kappa shape index (κ3) is 4.73. The number of amides is 2. The molecule has 2 amide bonds. The molecule has 0 saturated heterocycles. The topological polar surface area (TPSA) is 70.4 Å². The molecule has 1 saturated carbocycles. The van der Waals surface area contributed by atoms with Crippen LogP contribution in [0.25, 0.3) is 6.08 Å². The lowest BCUT2D eigenvalue weighted by Crippen LogP contribution is -2.49. The molecule has 1 aliphatic carbocycles. The van der Waals surface area contributed by atoms with E-state index in [1.165, 1.54) is 11.0 Å². The summed E-state index contributed by atoms with van der Waals surface area (Å²) in [5.41, 5.74) is 1.99. The molecule has 1 heterocycles. The average Bonchev–Trinajstić information content (AvgIpc) is 2.83. The zero-order chi connectivity index (χ0) is 23.4. The van der Waals surface area contributed by atoms with Crippen molar-refractivity contribution in [1.29, 1.82) is 5.26 Å². The minimum absolute atomic E-state index is 0.0243. The summed E-state index contributed by atoms with van der Waals surface area (Å²) in [4.78, 5) is 27.5. The molecule has 168 valence electrons. The summed E-state index contributed by atoms with van der Waals surface area (Å²) < 4.78 is 19.4. The molecular formula is C27H25FN2O3. The van der Waals surface area contributed by atoms with Gasteiger partial charge in [-0.3, -0.25) is 14.5 Å². The molecule has 33 heavy (non-hydrogen) atoms. The summed E-state index contributed by atoms with van der Waals surface area (Å²) in [7, 11) is 0. The highest BCUT2D eigenvalue weighted by Crippen LogP contribution is 2.32. The van der Waals surface area contributed by atoms with Crippen molar-refractivity contribution >= 4 is 17.9 Å². The minimum Gasteiger partial charge on any atom is -0.489 e. The van der Waals surface area contributed by atoms with Crippen LogP contribution in [0, 0.1) is 17.1 Å². The fourth-order valence-corrected chi connectivity index (χ4v) is 4.37. The monoisotopic (exact) mass is 444 g/mol. The van der Waals surface area contributed by atoms with E-state index in [1.54, 1.807) is 55.5 Å². The van der Waals surface area contributed by atoms with E-state index in [-0.39, 0.29) is 29.9 Å². The van der Waals surface area contributed by atoms with Crippen molar-refractivity contribution in [3.8, 4) is 11.8 Å². The van der Waals surface area contributed by atoms with E-state index in [0.717, 1.165) is 37.7 Å². The molecule has 0 N–H and O–H groups in total. The van der Waals surface area contributed by atoms with E-state index in [9.17, 15) is 19.2 Å². The summed E-state index contributed by atoms with van der Waals surface area (Å²) in [6.07, 6.45) is 6.30. The molecule has 4 rings (SSSR count). The first-order valence-corrected chi connectivity index (χ1v) is 11.2. The van der Waals surface area contributed by atoms with E-state index < -0.39 is 5.91 Å². The predicted octanol–water partition coefficient (Wildman–Crippen LogP) is 5.33. The van der Waals surface area contributed by atoms with Gasteiger partial charge in [0.1, 0.15) is 29.8 Å². The molecule has 2 aromatic rings. The van der Waals surface area contributed by atoms with Crippen LogP contribution in [-0.4, -0.2) is 22.8 Å². The van der Waals surface area contributed by atoms with Crippen molar-refractivity contribution in [3.63, 3.8) is 0 Å². The van der Waals surface area contributed by atoms with Crippen LogP contribution >= 0.6 is 0 Å². The first kappa shape index (κ1) is 22.5. The van der Waals surface area contributed by atoms with Gasteiger partial charge in [0.2, 0.25) is 0 Å². The number of rotatable bonds is 5. The quantitative estimate of drug-likeness (QED) is 0.462. The van der Waals surface area contributed by atoms with Crippen LogP contribution in [-0.2, 0) is 16.2 Å². The normalized spacial score (nSPS) is 18.6. The van der Waals surface area contributed by atoms with E-state index in [1.807, 2.05) is 6.07 Å². The summed E-state index contributed by atoms with van der Waals surface area (Å²) in [6.45, 7) is 1.75. The number of carbonyl (C=O) groups is 2. The summed E-state index contributed by atoms with van der Waals surface area (Å²) in [6, 6.07) is 15.4. The molecule has 0 radical (unpaired) electrons. The largest absolute Gasteiger partial charge is 0.489 e. The standard InChI is InChI=1S/C27H25FN2O3/c1-18-23(26(31)30(27(32)24(18)16-29)21-8-3-2-4-9-21)15-19-11-13-22(14-12-19)33-17-20-7-5-6-10-25(20)28/h5-7,10-15,21H,2-4,8-9,17H2,1H3/b23-15+. The van der Waals surface area contributed by atoms with Crippen LogP contribution in [0.2, 0.25) is 0 Å². The average molecular weight is 445 g/mol. The smallest absolute Gasteiger partial charge is 0.271 e. The number of imide groups is 1. The van der Waals surface area contributed by atoms with E-state index in [2.05, 4.69) is 0 Å². The third-order valence-electron chi connectivity index (χ3n) is 6.26. The van der Waals surface area contributed by atoms with Gasteiger partial charge in [0.25, 0.3) is 11.8 Å². The fourth-order valence-electron chi connectivity index (χ4n) is 4.37. The molecule has 1 aliphatic heterocycles. The Morgan fingerprint density at radius 3 is 2.42 bits per heavy atom. The Bertz CT molecular complexity index is 1170. The number of ether oxygens (including phenoxy) is 1. The zero-order valence-electron chi connectivity index (χ0n) is 18.5. The van der Waals surface area contributed by atoms with Gasteiger partial charge in [-0.1, -0.05) is 49.6 Å². The van der Waals surface area contributed by atoms with Crippen molar-refractivity contribution in [2.45, 2.75) is 51.7 Å². The lowest BCUT2D eigenvalue weighted by Gasteiger charge is -2.36. The molecule has 2 aromatic carbocycles. The Morgan fingerprint density at radius 2 is 1.76 bits per heavy atom. The Kier molecular flexibility index (Phi) is 6.69. The maximum Gasteiger partial charge on any atom is 0.271 e. The maximum atomic E-state index is 13.8. The Hall–Kier alpha value is -3.72. The van der Waals surface area contributed by atoms with Crippen LogP contribution in [0.15, 0.2) is 65.3 Å². The van der Waals surface area contributed by atoms with Crippen LogP contribution in [0.4, 0.5) is 4.39 Å². The van der Waals surface area contributed by atoms with Gasteiger partial charge in [-0.15, -0.1) is 0 Å². The molecule has 0 aromatic heterocycles. The highest BCUT2D eigenvalue weighted by atomic mass is 19.1. The molecule has 2 aliphatic rings. The van der Waals surface area contributed by atoms with Crippen molar-refractivity contribution in [3.05, 3.63) is 82.2 Å². The number of halogens is 1. The molecule has 1 fully saturated rings. The van der Waals surface area contributed by atoms with E-state index in [0.29, 0.717) is 22.5 Å². The van der Waals surface area contributed by atoms with E-state index in [4.69, 9.17) is 4.74 Å². The molecule has 6 heteroatoms. The number of nitriles is 1. The summed E-state index contributed by atoms with van der Waals surface area (Å²) in [5, 5.41) is 9.59. The van der Waals surface area contributed by atoms with Crippen molar-refractivity contribution in [1.82, 2.24) is 4.90 Å². The molecular weight excluding hydrogens is 419 g/mol. The number of hydrogen-bond acceptors (Lipinski definition) is 4. The van der Waals surface area contributed by atoms with Gasteiger partial charge in [0.05, 0.1) is 0 Å². The molecule has 0 spiro atoms. The van der Waals surface area contributed by atoms with Crippen molar-refractivity contribution in [2.75, 3.05) is 0 Å². The van der Waals surface area contributed by atoms with Crippen LogP contribution in [0.5, 0.6) is 5.75 Å². The lowest BCUT2D eigenvalue weighted by atomic mass is 9.88. The second-order valence-electron chi connectivity index (χ2n) is 8.39. The Balaban J connectivity index is 1.56. The Labute approximate surface area is 192 Å². The van der Waals surface area contributed by atoms with Gasteiger partial charge in [-0.25, -0.2) is 4.39 Å². The van der Waals surface area contributed by atoms with Gasteiger partial charge < -0.3 is 4.74 Å². The molecule has 0 bridgehead atoms. The molecule has 0 unspecified atom stereocenters. The van der Waals surface area contributed by atoms with Gasteiger partial charge in [-0.2, -0.15) is 5.26 Å². The maximum absolute atomic E-state index is 13.8.